The van der Waals surface area contributed by atoms with Crippen LogP contribution in [0.5, 0.6) is 11.5 Å². The maximum absolute atomic E-state index is 9.77. The summed E-state index contributed by atoms with van der Waals surface area (Å²) >= 11 is 1.67. The summed E-state index contributed by atoms with van der Waals surface area (Å²) < 4.78 is 11.1. The smallest absolute Gasteiger partial charge is 0.254 e. The van der Waals surface area contributed by atoms with Gasteiger partial charge in [0, 0.05) is 4.90 Å². The van der Waals surface area contributed by atoms with Crippen molar-refractivity contribution in [1.82, 2.24) is 10.2 Å². The van der Waals surface area contributed by atoms with E-state index in [9.17, 15) is 5.11 Å². The van der Waals surface area contributed by atoms with Gasteiger partial charge < -0.3 is 14.3 Å². The second kappa shape index (κ2) is 6.53. The van der Waals surface area contributed by atoms with Crippen LogP contribution in [0.3, 0.4) is 0 Å². The van der Waals surface area contributed by atoms with E-state index in [0.29, 0.717) is 11.5 Å². The molecule has 0 spiro atoms. The molecule has 0 radical (unpaired) electrons. The molecule has 0 unspecified atom stereocenters. The van der Waals surface area contributed by atoms with Crippen molar-refractivity contribution < 1.29 is 14.3 Å². The van der Waals surface area contributed by atoms with Crippen LogP contribution in [0.4, 0.5) is 0 Å². The van der Waals surface area contributed by atoms with Crippen molar-refractivity contribution in [3.63, 3.8) is 0 Å². The van der Waals surface area contributed by atoms with Crippen LogP contribution in [0.2, 0.25) is 0 Å². The molecule has 0 aliphatic heterocycles. The lowest BCUT2D eigenvalue weighted by Gasteiger charge is -2.03. The van der Waals surface area contributed by atoms with Crippen molar-refractivity contribution in [2.45, 2.75) is 11.5 Å². The van der Waals surface area contributed by atoms with Crippen molar-refractivity contribution in [2.75, 3.05) is 6.26 Å². The Morgan fingerprint density at radius 2 is 1.86 bits per heavy atom. The van der Waals surface area contributed by atoms with Gasteiger partial charge in [0.25, 0.3) is 11.8 Å². The van der Waals surface area contributed by atoms with Crippen molar-refractivity contribution >= 4 is 11.8 Å². The fourth-order valence-corrected chi connectivity index (χ4v) is 2.30. The van der Waals surface area contributed by atoms with Gasteiger partial charge in [-0.1, -0.05) is 12.1 Å². The Bertz CT molecular complexity index is 756. The molecule has 1 aromatic heterocycles. The van der Waals surface area contributed by atoms with Crippen molar-refractivity contribution in [2.24, 2.45) is 0 Å². The highest BCUT2D eigenvalue weighted by Crippen LogP contribution is 2.27. The second-order valence-corrected chi connectivity index (χ2v) is 5.36. The number of phenols is 1. The number of aromatic nitrogens is 2. The zero-order valence-corrected chi connectivity index (χ0v) is 12.7. The molecular weight excluding hydrogens is 300 g/mol. The quantitative estimate of drug-likeness (QED) is 0.723. The van der Waals surface area contributed by atoms with Gasteiger partial charge in [-0.05, 0) is 42.7 Å². The van der Waals surface area contributed by atoms with E-state index in [1.807, 2.05) is 30.5 Å². The van der Waals surface area contributed by atoms with Gasteiger partial charge in [-0.15, -0.1) is 22.0 Å². The Labute approximate surface area is 132 Å². The van der Waals surface area contributed by atoms with Crippen LogP contribution < -0.4 is 4.74 Å². The molecule has 0 aliphatic rings. The Morgan fingerprint density at radius 1 is 1.09 bits per heavy atom. The molecule has 0 saturated heterocycles. The van der Waals surface area contributed by atoms with Gasteiger partial charge in [0.15, 0.2) is 6.61 Å². The fourth-order valence-electron chi connectivity index (χ4n) is 1.89. The summed E-state index contributed by atoms with van der Waals surface area (Å²) in [6.45, 7) is 0.180. The number of aromatic hydroxyl groups is 1. The van der Waals surface area contributed by atoms with E-state index >= 15 is 0 Å². The number of thioether (sulfide) groups is 1. The Balaban J connectivity index is 1.68. The lowest BCUT2D eigenvalue weighted by atomic mass is 10.2. The number of nitrogens with zero attached hydrogens (tertiary/aromatic N) is 2. The van der Waals surface area contributed by atoms with E-state index in [4.69, 9.17) is 9.15 Å². The highest BCUT2D eigenvalue weighted by molar-refractivity contribution is 7.98. The molecule has 0 bridgehead atoms. The molecule has 22 heavy (non-hydrogen) atoms. The molecule has 112 valence electrons. The zero-order valence-electron chi connectivity index (χ0n) is 11.9. The Kier molecular flexibility index (Phi) is 4.29. The van der Waals surface area contributed by atoms with E-state index in [-0.39, 0.29) is 18.2 Å². The second-order valence-electron chi connectivity index (χ2n) is 4.48. The Hall–Kier alpha value is -2.47. The van der Waals surface area contributed by atoms with Gasteiger partial charge in [0.1, 0.15) is 11.5 Å². The topological polar surface area (TPSA) is 68.4 Å². The predicted octanol–water partition coefficient (Wildman–Crippen LogP) is 3.74. The zero-order chi connectivity index (χ0) is 15.4. The summed E-state index contributed by atoms with van der Waals surface area (Å²) in [4.78, 5) is 1.17. The first-order valence-corrected chi connectivity index (χ1v) is 7.86. The molecule has 3 rings (SSSR count). The van der Waals surface area contributed by atoms with Gasteiger partial charge in [-0.2, -0.15) is 0 Å². The van der Waals surface area contributed by atoms with Crippen LogP contribution in [0, 0.1) is 0 Å². The van der Waals surface area contributed by atoms with E-state index in [2.05, 4.69) is 10.2 Å². The number of para-hydroxylation sites is 1. The van der Waals surface area contributed by atoms with Gasteiger partial charge in [-0.3, -0.25) is 0 Å². The van der Waals surface area contributed by atoms with E-state index in [0.717, 1.165) is 5.75 Å². The molecular formula is C16H14N2O3S. The van der Waals surface area contributed by atoms with Crippen LogP contribution in [0.25, 0.3) is 11.5 Å². The molecule has 0 fully saturated rings. The third kappa shape index (κ3) is 3.23. The van der Waals surface area contributed by atoms with Crippen LogP contribution in [-0.2, 0) is 6.61 Å². The molecule has 3 aromatic rings. The van der Waals surface area contributed by atoms with Gasteiger partial charge in [0.2, 0.25) is 0 Å². The summed E-state index contributed by atoms with van der Waals surface area (Å²) in [6.07, 6.45) is 2.02. The molecule has 1 N–H and O–H groups in total. The third-order valence-electron chi connectivity index (χ3n) is 3.02. The molecule has 1 heterocycles. The largest absolute Gasteiger partial charge is 0.507 e. The van der Waals surface area contributed by atoms with Crippen molar-refractivity contribution in [3.8, 4) is 23.0 Å². The number of rotatable bonds is 5. The van der Waals surface area contributed by atoms with E-state index < -0.39 is 0 Å². The number of phenolic OH excluding ortho intramolecular Hbond substituents is 1. The average molecular weight is 314 g/mol. The number of benzene rings is 2. The summed E-state index contributed by atoms with van der Waals surface area (Å²) in [5, 5.41) is 17.6. The van der Waals surface area contributed by atoms with Gasteiger partial charge in [0.05, 0.1) is 5.56 Å². The summed E-state index contributed by atoms with van der Waals surface area (Å²) in [5.74, 6) is 1.47. The lowest BCUT2D eigenvalue weighted by Crippen LogP contribution is -1.95. The minimum Gasteiger partial charge on any atom is -0.507 e. The highest BCUT2D eigenvalue weighted by Gasteiger charge is 2.12. The average Bonchev–Trinajstić information content (AvgIpc) is 3.02. The lowest BCUT2D eigenvalue weighted by molar-refractivity contribution is 0.264. The first kappa shape index (κ1) is 14.5. The van der Waals surface area contributed by atoms with Crippen molar-refractivity contribution in [3.05, 3.63) is 54.4 Å². The standard InChI is InChI=1S/C16H14N2O3S/c1-22-12-8-6-11(7-9-12)20-10-15-17-18-16(21-15)13-4-2-3-5-14(13)19/h2-9,19H,10H2,1H3. The minimum atomic E-state index is 0.103. The fraction of sp³-hybridized carbons (Fsp3) is 0.125. The van der Waals surface area contributed by atoms with Crippen molar-refractivity contribution in [1.29, 1.82) is 0 Å². The SMILES string of the molecule is CSc1ccc(OCc2nnc(-c3ccccc3O)o2)cc1. The molecule has 5 nitrogen and oxygen atoms in total. The third-order valence-corrected chi connectivity index (χ3v) is 3.77. The molecule has 0 saturated carbocycles. The summed E-state index contributed by atoms with van der Waals surface area (Å²) in [7, 11) is 0. The van der Waals surface area contributed by atoms with Gasteiger partial charge in [-0.25, -0.2) is 0 Å². The maximum atomic E-state index is 9.77. The maximum Gasteiger partial charge on any atom is 0.254 e. The predicted molar refractivity (Wildman–Crippen MR) is 84.0 cm³/mol. The van der Waals surface area contributed by atoms with E-state index in [1.165, 1.54) is 4.90 Å². The summed E-state index contributed by atoms with van der Waals surface area (Å²) in [6, 6.07) is 14.6. The van der Waals surface area contributed by atoms with E-state index in [1.54, 1.807) is 36.0 Å². The number of ether oxygens (including phenoxy) is 1. The first-order valence-electron chi connectivity index (χ1n) is 6.64. The monoisotopic (exact) mass is 314 g/mol. The van der Waals surface area contributed by atoms with Crippen LogP contribution in [0.15, 0.2) is 57.8 Å². The highest BCUT2D eigenvalue weighted by atomic mass is 32.2. The normalized spacial score (nSPS) is 10.6. The van der Waals surface area contributed by atoms with Crippen LogP contribution in [0.1, 0.15) is 5.89 Å². The molecule has 0 amide bonds. The summed E-state index contributed by atoms with van der Waals surface area (Å²) in [5.41, 5.74) is 0.505. The number of hydrogen-bond acceptors (Lipinski definition) is 6. The first-order chi connectivity index (χ1) is 10.8. The molecule has 6 heteroatoms. The number of hydrogen-bond donors (Lipinski definition) is 1. The van der Waals surface area contributed by atoms with Crippen LogP contribution >= 0.6 is 11.8 Å². The van der Waals surface area contributed by atoms with Gasteiger partial charge >= 0.3 is 0 Å². The Morgan fingerprint density at radius 3 is 2.59 bits per heavy atom. The molecule has 0 atom stereocenters. The molecule has 2 aromatic carbocycles. The minimum absolute atomic E-state index is 0.103. The van der Waals surface area contributed by atoms with Crippen LogP contribution in [-0.4, -0.2) is 21.6 Å². The molecule has 0 aliphatic carbocycles.